The summed E-state index contributed by atoms with van der Waals surface area (Å²) in [5.41, 5.74) is 2.14. The number of anilines is 1. The molecule has 0 bridgehead atoms. The van der Waals surface area contributed by atoms with Crippen LogP contribution in [0.4, 0.5) is 5.13 Å². The first-order valence-electron chi connectivity index (χ1n) is 10.2. The lowest BCUT2D eigenvalue weighted by Gasteiger charge is -2.23. The minimum Gasteiger partial charge on any atom is -0.376 e. The number of aromatic nitrogens is 1. The number of benzene rings is 2. The highest BCUT2D eigenvalue weighted by Crippen LogP contribution is 2.32. The minimum atomic E-state index is 0.116. The van der Waals surface area contributed by atoms with E-state index in [0.717, 1.165) is 52.5 Å². The lowest BCUT2D eigenvalue weighted by atomic mass is 10.2. The minimum absolute atomic E-state index is 0.116. The topological polar surface area (TPSA) is 42.4 Å². The lowest BCUT2D eigenvalue weighted by Crippen LogP contribution is -2.37. The first kappa shape index (κ1) is 20.4. The molecular weight excluding hydrogens is 400 g/mol. The number of carbonyl (C=O) groups excluding carboxylic acids is 1. The van der Waals surface area contributed by atoms with Gasteiger partial charge in [0.2, 0.25) is 5.91 Å². The molecule has 152 valence electrons. The molecule has 0 N–H and O–H groups in total. The van der Waals surface area contributed by atoms with Gasteiger partial charge < -0.3 is 4.74 Å². The predicted molar refractivity (Wildman–Crippen MR) is 122 cm³/mol. The summed E-state index contributed by atoms with van der Waals surface area (Å²) in [4.78, 5) is 21.1. The number of nitrogens with zero attached hydrogens (tertiary/aromatic N) is 2. The van der Waals surface area contributed by atoms with Crippen LogP contribution in [0.15, 0.2) is 53.4 Å². The summed E-state index contributed by atoms with van der Waals surface area (Å²) in [6.07, 6.45) is 3.58. The molecule has 4 nitrogen and oxygen atoms in total. The fourth-order valence-corrected chi connectivity index (χ4v) is 5.48. The molecule has 6 heteroatoms. The van der Waals surface area contributed by atoms with Crippen LogP contribution < -0.4 is 4.90 Å². The Balaban J connectivity index is 1.44. The number of aryl methyl sites for hydroxylation is 1. The van der Waals surface area contributed by atoms with E-state index < -0.39 is 0 Å². The number of thiazole rings is 1. The van der Waals surface area contributed by atoms with E-state index in [1.54, 1.807) is 23.1 Å². The highest BCUT2D eigenvalue weighted by molar-refractivity contribution is 7.99. The fraction of sp³-hybridized carbons (Fsp3) is 0.391. The molecule has 29 heavy (non-hydrogen) atoms. The molecule has 0 saturated carbocycles. The van der Waals surface area contributed by atoms with Gasteiger partial charge in [-0.15, -0.1) is 11.8 Å². The lowest BCUT2D eigenvalue weighted by molar-refractivity contribution is -0.119. The van der Waals surface area contributed by atoms with E-state index in [9.17, 15) is 4.79 Å². The van der Waals surface area contributed by atoms with Gasteiger partial charge in [-0.1, -0.05) is 41.7 Å². The predicted octanol–water partition coefficient (Wildman–Crippen LogP) is 5.69. The Morgan fingerprint density at radius 1 is 1.24 bits per heavy atom. The quantitative estimate of drug-likeness (QED) is 0.343. The SMILES string of the molecule is Cc1cccc2sc(N(CC3CCCO3)C(=O)CCCSc3ccccc3)nc12. The van der Waals surface area contributed by atoms with Gasteiger partial charge in [-0.05, 0) is 55.7 Å². The molecule has 2 aromatic carbocycles. The monoisotopic (exact) mass is 426 g/mol. The molecule has 0 aliphatic carbocycles. The summed E-state index contributed by atoms with van der Waals surface area (Å²) in [5.74, 6) is 1.08. The van der Waals surface area contributed by atoms with Crippen LogP contribution >= 0.6 is 23.1 Å². The average Bonchev–Trinajstić information content (AvgIpc) is 3.40. The van der Waals surface area contributed by atoms with Crippen molar-refractivity contribution in [3.8, 4) is 0 Å². The van der Waals surface area contributed by atoms with Crippen molar-refractivity contribution in [3.05, 3.63) is 54.1 Å². The number of carbonyl (C=O) groups is 1. The van der Waals surface area contributed by atoms with E-state index in [0.29, 0.717) is 13.0 Å². The van der Waals surface area contributed by atoms with E-state index in [4.69, 9.17) is 9.72 Å². The zero-order valence-electron chi connectivity index (χ0n) is 16.7. The van der Waals surface area contributed by atoms with Gasteiger partial charge in [-0.3, -0.25) is 9.69 Å². The fourth-order valence-electron chi connectivity index (χ4n) is 3.53. The van der Waals surface area contributed by atoms with Gasteiger partial charge in [0.05, 0.1) is 22.9 Å². The molecule has 1 unspecified atom stereocenters. The first-order chi connectivity index (χ1) is 14.2. The third-order valence-electron chi connectivity index (χ3n) is 5.10. The van der Waals surface area contributed by atoms with E-state index in [1.165, 1.54) is 4.90 Å². The smallest absolute Gasteiger partial charge is 0.228 e. The third kappa shape index (κ3) is 5.18. The van der Waals surface area contributed by atoms with Crippen LogP contribution in [-0.2, 0) is 9.53 Å². The number of fused-ring (bicyclic) bond motifs is 1. The Morgan fingerprint density at radius 2 is 2.10 bits per heavy atom. The summed E-state index contributed by atoms with van der Waals surface area (Å²) >= 11 is 3.40. The van der Waals surface area contributed by atoms with Gasteiger partial charge in [0.25, 0.3) is 0 Å². The molecule has 1 fully saturated rings. The Hall–Kier alpha value is -1.89. The van der Waals surface area contributed by atoms with E-state index in [-0.39, 0.29) is 12.0 Å². The summed E-state index contributed by atoms with van der Waals surface area (Å²) in [5, 5.41) is 0.797. The molecule has 0 spiro atoms. The van der Waals surface area contributed by atoms with Crippen molar-refractivity contribution in [2.75, 3.05) is 23.8 Å². The van der Waals surface area contributed by atoms with Gasteiger partial charge in [0, 0.05) is 17.9 Å². The average molecular weight is 427 g/mol. The number of amides is 1. The summed E-state index contributed by atoms with van der Waals surface area (Å²) in [7, 11) is 0. The van der Waals surface area contributed by atoms with Crippen molar-refractivity contribution in [1.82, 2.24) is 4.98 Å². The highest BCUT2D eigenvalue weighted by atomic mass is 32.2. The summed E-state index contributed by atoms with van der Waals surface area (Å²) < 4.78 is 6.94. The number of rotatable bonds is 8. The van der Waals surface area contributed by atoms with Gasteiger partial charge >= 0.3 is 0 Å². The normalized spacial score (nSPS) is 16.4. The number of para-hydroxylation sites is 1. The second kappa shape index (κ2) is 9.74. The van der Waals surface area contributed by atoms with Gasteiger partial charge in [0.1, 0.15) is 0 Å². The molecule has 1 atom stereocenters. The Bertz CT molecular complexity index is 952. The Kier molecular flexibility index (Phi) is 6.85. The molecule has 1 aliphatic heterocycles. The van der Waals surface area contributed by atoms with E-state index in [1.807, 2.05) is 29.2 Å². The second-order valence-corrected chi connectivity index (χ2v) is 9.50. The van der Waals surface area contributed by atoms with Crippen molar-refractivity contribution in [1.29, 1.82) is 0 Å². The number of thioether (sulfide) groups is 1. The molecule has 2 heterocycles. The van der Waals surface area contributed by atoms with Gasteiger partial charge in [-0.25, -0.2) is 4.98 Å². The van der Waals surface area contributed by atoms with Crippen LogP contribution in [-0.4, -0.2) is 35.9 Å². The number of ether oxygens (including phenoxy) is 1. The van der Waals surface area contributed by atoms with Gasteiger partial charge in [-0.2, -0.15) is 0 Å². The third-order valence-corrected chi connectivity index (χ3v) is 7.24. The van der Waals surface area contributed by atoms with Crippen molar-refractivity contribution >= 4 is 44.4 Å². The Morgan fingerprint density at radius 3 is 2.86 bits per heavy atom. The van der Waals surface area contributed by atoms with Crippen LogP contribution in [0.2, 0.25) is 0 Å². The zero-order valence-corrected chi connectivity index (χ0v) is 18.3. The molecule has 1 saturated heterocycles. The van der Waals surface area contributed by atoms with Crippen molar-refractivity contribution in [2.24, 2.45) is 0 Å². The highest BCUT2D eigenvalue weighted by Gasteiger charge is 2.26. The van der Waals surface area contributed by atoms with Crippen LogP contribution in [0.1, 0.15) is 31.2 Å². The van der Waals surface area contributed by atoms with Gasteiger partial charge in [0.15, 0.2) is 5.13 Å². The van der Waals surface area contributed by atoms with Crippen LogP contribution in [0, 0.1) is 6.92 Å². The molecule has 1 aliphatic rings. The zero-order chi connectivity index (χ0) is 20.1. The summed E-state index contributed by atoms with van der Waals surface area (Å²) in [6, 6.07) is 16.5. The van der Waals surface area contributed by atoms with E-state index >= 15 is 0 Å². The van der Waals surface area contributed by atoms with Crippen molar-refractivity contribution in [2.45, 2.75) is 43.6 Å². The number of hydrogen-bond acceptors (Lipinski definition) is 5. The van der Waals surface area contributed by atoms with Crippen molar-refractivity contribution in [3.63, 3.8) is 0 Å². The molecule has 1 aromatic heterocycles. The Labute approximate surface area is 180 Å². The summed E-state index contributed by atoms with van der Waals surface area (Å²) in [6.45, 7) is 3.46. The number of hydrogen-bond donors (Lipinski definition) is 0. The molecule has 0 radical (unpaired) electrons. The maximum absolute atomic E-state index is 13.1. The van der Waals surface area contributed by atoms with E-state index in [2.05, 4.69) is 31.2 Å². The second-order valence-electron chi connectivity index (χ2n) is 7.32. The largest absolute Gasteiger partial charge is 0.376 e. The molecule has 1 amide bonds. The van der Waals surface area contributed by atoms with Crippen LogP contribution in [0.25, 0.3) is 10.2 Å². The molecular formula is C23H26N2O2S2. The standard InChI is InChI=1S/C23H26N2O2S2/c1-17-8-5-12-20-22(17)24-23(29-20)25(16-18-9-6-14-27-18)21(26)13-7-15-28-19-10-3-2-4-11-19/h2-5,8,10-12,18H,6-7,9,13-16H2,1H3. The van der Waals surface area contributed by atoms with Crippen LogP contribution in [0.5, 0.6) is 0 Å². The van der Waals surface area contributed by atoms with Crippen LogP contribution in [0.3, 0.4) is 0 Å². The maximum atomic E-state index is 13.1. The first-order valence-corrected chi connectivity index (χ1v) is 12.0. The van der Waals surface area contributed by atoms with Crippen molar-refractivity contribution < 1.29 is 9.53 Å². The molecule has 4 rings (SSSR count). The molecule has 3 aromatic rings. The maximum Gasteiger partial charge on any atom is 0.228 e.